The second-order valence-electron chi connectivity index (χ2n) is 6.11. The van der Waals surface area contributed by atoms with Crippen LogP contribution >= 0.6 is 0 Å². The highest BCUT2D eigenvalue weighted by Crippen LogP contribution is 2.16. The predicted molar refractivity (Wildman–Crippen MR) is 90.8 cm³/mol. The number of imidazole rings is 1. The zero-order valence-corrected chi connectivity index (χ0v) is 14.2. The number of aromatic nitrogens is 2. The molecule has 0 saturated heterocycles. The van der Waals surface area contributed by atoms with Crippen molar-refractivity contribution >= 4 is 0 Å². The first-order valence-electron chi connectivity index (χ1n) is 8.27. The summed E-state index contributed by atoms with van der Waals surface area (Å²) in [5.41, 5.74) is 0.479. The minimum Gasteiger partial charge on any atom is -0.465 e. The SMILES string of the molecule is Cc1ccc(CN(CCCn2ccnc2)Cc2ccc(F)cc2F)o1. The van der Waals surface area contributed by atoms with Gasteiger partial charge in [-0.3, -0.25) is 4.90 Å². The van der Waals surface area contributed by atoms with Crippen molar-refractivity contribution < 1.29 is 13.2 Å². The van der Waals surface area contributed by atoms with Crippen molar-refractivity contribution in [2.24, 2.45) is 0 Å². The molecule has 0 aliphatic rings. The maximum absolute atomic E-state index is 14.0. The molecule has 2 heterocycles. The van der Waals surface area contributed by atoms with Crippen LogP contribution in [-0.4, -0.2) is 21.0 Å². The van der Waals surface area contributed by atoms with Crippen molar-refractivity contribution in [1.29, 1.82) is 0 Å². The van der Waals surface area contributed by atoms with Crippen LogP contribution in [0.15, 0.2) is 53.5 Å². The summed E-state index contributed by atoms with van der Waals surface area (Å²) in [5.74, 6) is 0.605. The van der Waals surface area contributed by atoms with E-state index in [0.717, 1.165) is 37.1 Å². The molecule has 3 aromatic rings. The number of nitrogens with zero attached hydrogens (tertiary/aromatic N) is 3. The highest BCUT2D eigenvalue weighted by Gasteiger charge is 2.13. The van der Waals surface area contributed by atoms with Crippen molar-refractivity contribution in [2.45, 2.75) is 33.0 Å². The largest absolute Gasteiger partial charge is 0.465 e. The van der Waals surface area contributed by atoms with Gasteiger partial charge in [0.25, 0.3) is 0 Å². The Hall–Kier alpha value is -2.47. The molecule has 0 atom stereocenters. The van der Waals surface area contributed by atoms with Gasteiger partial charge in [-0.1, -0.05) is 6.07 Å². The Labute approximate surface area is 145 Å². The molecule has 0 bridgehead atoms. The first-order valence-corrected chi connectivity index (χ1v) is 8.27. The van der Waals surface area contributed by atoms with Crippen molar-refractivity contribution in [3.8, 4) is 0 Å². The van der Waals surface area contributed by atoms with Crippen LogP contribution in [0.3, 0.4) is 0 Å². The summed E-state index contributed by atoms with van der Waals surface area (Å²) in [5, 5.41) is 0. The summed E-state index contributed by atoms with van der Waals surface area (Å²) in [4.78, 5) is 6.13. The summed E-state index contributed by atoms with van der Waals surface area (Å²) in [6, 6.07) is 7.56. The van der Waals surface area contributed by atoms with Gasteiger partial charge in [0.15, 0.2) is 0 Å². The van der Waals surface area contributed by atoms with Crippen molar-refractivity contribution in [3.05, 3.63) is 77.8 Å². The molecular formula is C19H21F2N3O. The Balaban J connectivity index is 1.66. The van der Waals surface area contributed by atoms with E-state index < -0.39 is 11.6 Å². The lowest BCUT2D eigenvalue weighted by Gasteiger charge is -2.22. The van der Waals surface area contributed by atoms with Gasteiger partial charge in [-0.15, -0.1) is 0 Å². The number of aryl methyl sites for hydroxylation is 2. The quantitative estimate of drug-likeness (QED) is 0.615. The number of hydrogen-bond donors (Lipinski definition) is 0. The van der Waals surface area contributed by atoms with Gasteiger partial charge in [-0.25, -0.2) is 13.8 Å². The molecule has 3 rings (SSSR count). The Bertz CT molecular complexity index is 799. The van der Waals surface area contributed by atoms with Gasteiger partial charge in [0.2, 0.25) is 0 Å². The Morgan fingerprint density at radius 1 is 1.16 bits per heavy atom. The molecule has 0 aliphatic heterocycles. The average molecular weight is 345 g/mol. The van der Waals surface area contributed by atoms with E-state index >= 15 is 0 Å². The number of rotatable bonds is 8. The molecule has 0 radical (unpaired) electrons. The van der Waals surface area contributed by atoms with Gasteiger partial charge >= 0.3 is 0 Å². The first kappa shape index (κ1) is 17.4. The zero-order chi connectivity index (χ0) is 17.6. The van der Waals surface area contributed by atoms with Gasteiger partial charge in [-0.05, 0) is 31.5 Å². The fraction of sp³-hybridized carbons (Fsp3) is 0.316. The van der Waals surface area contributed by atoms with Gasteiger partial charge in [-0.2, -0.15) is 0 Å². The predicted octanol–water partition coefficient (Wildman–Crippen LogP) is 4.16. The third kappa shape index (κ3) is 5.00. The lowest BCUT2D eigenvalue weighted by Crippen LogP contribution is -2.25. The van der Waals surface area contributed by atoms with E-state index in [9.17, 15) is 8.78 Å². The monoisotopic (exact) mass is 345 g/mol. The Morgan fingerprint density at radius 2 is 2.04 bits per heavy atom. The first-order chi connectivity index (χ1) is 12.1. The topological polar surface area (TPSA) is 34.2 Å². The molecule has 0 saturated carbocycles. The van der Waals surface area contributed by atoms with Crippen LogP contribution < -0.4 is 0 Å². The van der Waals surface area contributed by atoms with Gasteiger partial charge in [0, 0.05) is 43.7 Å². The third-order valence-corrected chi connectivity index (χ3v) is 4.03. The second kappa shape index (κ2) is 8.07. The van der Waals surface area contributed by atoms with Crippen LogP contribution in [-0.2, 0) is 19.6 Å². The lowest BCUT2D eigenvalue weighted by atomic mass is 10.2. The summed E-state index contributed by atoms with van der Waals surface area (Å²) < 4.78 is 34.8. The van der Waals surface area contributed by atoms with Crippen LogP contribution in [0.25, 0.3) is 0 Å². The van der Waals surface area contributed by atoms with Gasteiger partial charge < -0.3 is 8.98 Å². The maximum Gasteiger partial charge on any atom is 0.130 e. The third-order valence-electron chi connectivity index (χ3n) is 4.03. The molecule has 2 aromatic heterocycles. The minimum absolute atomic E-state index is 0.399. The van der Waals surface area contributed by atoms with E-state index in [1.165, 1.54) is 12.1 Å². The molecule has 1 aromatic carbocycles. The fourth-order valence-electron chi connectivity index (χ4n) is 2.79. The van der Waals surface area contributed by atoms with Crippen LogP contribution in [0.4, 0.5) is 8.78 Å². The van der Waals surface area contributed by atoms with Crippen molar-refractivity contribution in [1.82, 2.24) is 14.5 Å². The number of furan rings is 1. The molecule has 132 valence electrons. The fourth-order valence-corrected chi connectivity index (χ4v) is 2.79. The van der Waals surface area contributed by atoms with E-state index in [1.807, 2.05) is 29.8 Å². The van der Waals surface area contributed by atoms with Gasteiger partial charge in [0.1, 0.15) is 23.2 Å². The summed E-state index contributed by atoms with van der Waals surface area (Å²) in [7, 11) is 0. The second-order valence-corrected chi connectivity index (χ2v) is 6.11. The van der Waals surface area contributed by atoms with Crippen molar-refractivity contribution in [3.63, 3.8) is 0 Å². The molecule has 0 aliphatic carbocycles. The van der Waals surface area contributed by atoms with Crippen LogP contribution in [0.5, 0.6) is 0 Å². The van der Waals surface area contributed by atoms with Gasteiger partial charge in [0.05, 0.1) is 12.9 Å². The molecule has 6 heteroatoms. The zero-order valence-electron chi connectivity index (χ0n) is 14.2. The highest BCUT2D eigenvalue weighted by molar-refractivity contribution is 5.18. The average Bonchev–Trinajstić information content (AvgIpc) is 3.22. The maximum atomic E-state index is 14.0. The molecule has 0 N–H and O–H groups in total. The summed E-state index contributed by atoms with van der Waals surface area (Å²) >= 11 is 0. The molecule has 0 spiro atoms. The molecule has 4 nitrogen and oxygen atoms in total. The summed E-state index contributed by atoms with van der Waals surface area (Å²) in [6.45, 7) is 4.46. The number of halogens is 2. The van der Waals surface area contributed by atoms with E-state index in [0.29, 0.717) is 18.7 Å². The standard InChI is InChI=1S/C19H21F2N3O/c1-15-3-6-18(25-15)13-24(9-2-8-23-10-7-22-14-23)12-16-4-5-17(20)11-19(16)21/h3-7,10-11,14H,2,8-9,12-13H2,1H3. The molecule has 0 fully saturated rings. The minimum atomic E-state index is -0.561. The Morgan fingerprint density at radius 3 is 2.72 bits per heavy atom. The van der Waals surface area contributed by atoms with E-state index in [1.54, 1.807) is 12.5 Å². The van der Waals surface area contributed by atoms with E-state index in [-0.39, 0.29) is 0 Å². The number of hydrogen-bond acceptors (Lipinski definition) is 3. The van der Waals surface area contributed by atoms with Crippen LogP contribution in [0, 0.1) is 18.6 Å². The van der Waals surface area contributed by atoms with E-state index in [2.05, 4.69) is 9.88 Å². The molecule has 25 heavy (non-hydrogen) atoms. The molecular weight excluding hydrogens is 324 g/mol. The molecule has 0 unspecified atom stereocenters. The van der Waals surface area contributed by atoms with Crippen LogP contribution in [0.1, 0.15) is 23.5 Å². The van der Waals surface area contributed by atoms with E-state index in [4.69, 9.17) is 4.42 Å². The Kier molecular flexibility index (Phi) is 5.60. The van der Waals surface area contributed by atoms with Crippen LogP contribution in [0.2, 0.25) is 0 Å². The normalized spacial score (nSPS) is 11.4. The summed E-state index contributed by atoms with van der Waals surface area (Å²) in [6.07, 6.45) is 6.33. The van der Waals surface area contributed by atoms with Crippen molar-refractivity contribution in [2.75, 3.05) is 6.54 Å². The number of benzene rings is 1. The lowest BCUT2D eigenvalue weighted by molar-refractivity contribution is 0.224. The smallest absolute Gasteiger partial charge is 0.130 e. The highest BCUT2D eigenvalue weighted by atomic mass is 19.1. The molecule has 0 amide bonds.